The zero-order valence-corrected chi connectivity index (χ0v) is 15.3. The Morgan fingerprint density at radius 2 is 1.22 bits per heavy atom. The van der Waals surface area contributed by atoms with E-state index >= 15 is 0 Å². The SMILES string of the molecule is COC(=O)[C@@H](CN)NC(c1ccccc1)(c1ccccc1)c1ccccc1. The summed E-state index contributed by atoms with van der Waals surface area (Å²) in [5, 5.41) is 3.52. The first-order valence-corrected chi connectivity index (χ1v) is 8.94. The van der Waals surface area contributed by atoms with Gasteiger partial charge in [-0.25, -0.2) is 0 Å². The molecule has 0 heterocycles. The number of nitrogens with one attached hydrogen (secondary N) is 1. The number of methoxy groups -OCH3 is 1. The van der Waals surface area contributed by atoms with Crippen LogP contribution < -0.4 is 11.1 Å². The number of carbonyl (C=O) groups is 1. The van der Waals surface area contributed by atoms with Crippen LogP contribution in [0.3, 0.4) is 0 Å². The Labute approximate surface area is 160 Å². The predicted octanol–water partition coefficient (Wildman–Crippen LogP) is 3.07. The molecule has 0 saturated heterocycles. The van der Waals surface area contributed by atoms with Gasteiger partial charge in [-0.15, -0.1) is 0 Å². The predicted molar refractivity (Wildman–Crippen MR) is 107 cm³/mol. The Morgan fingerprint density at radius 3 is 1.52 bits per heavy atom. The van der Waals surface area contributed by atoms with Gasteiger partial charge in [0.2, 0.25) is 0 Å². The molecule has 0 amide bonds. The van der Waals surface area contributed by atoms with Crippen molar-refractivity contribution in [3.63, 3.8) is 0 Å². The molecule has 3 rings (SSSR count). The molecular formula is C23H24N2O2. The maximum atomic E-state index is 12.3. The van der Waals surface area contributed by atoms with E-state index < -0.39 is 11.6 Å². The standard InChI is InChI=1S/C23H24N2O2/c1-27-22(26)21(17-24)25-23(18-11-5-2-6-12-18,19-13-7-3-8-14-19)20-15-9-4-10-16-20/h2-16,21,25H,17,24H2,1H3/t21-/m1/s1. The molecule has 4 nitrogen and oxygen atoms in total. The Balaban J connectivity index is 2.27. The highest BCUT2D eigenvalue weighted by Gasteiger charge is 2.39. The third-order valence-electron chi connectivity index (χ3n) is 4.73. The van der Waals surface area contributed by atoms with Gasteiger partial charge in [-0.3, -0.25) is 10.1 Å². The smallest absolute Gasteiger partial charge is 0.324 e. The molecule has 0 radical (unpaired) electrons. The first-order chi connectivity index (χ1) is 13.2. The number of rotatable bonds is 7. The molecule has 3 N–H and O–H groups in total. The van der Waals surface area contributed by atoms with E-state index in [1.165, 1.54) is 7.11 Å². The molecule has 1 atom stereocenters. The molecule has 138 valence electrons. The summed E-state index contributed by atoms with van der Waals surface area (Å²) in [6, 6.07) is 29.6. The number of nitrogens with two attached hydrogens (primary N) is 1. The molecule has 0 aliphatic carbocycles. The minimum absolute atomic E-state index is 0.126. The molecule has 0 unspecified atom stereocenters. The summed E-state index contributed by atoms with van der Waals surface area (Å²) < 4.78 is 4.98. The van der Waals surface area contributed by atoms with Gasteiger partial charge in [0.1, 0.15) is 6.04 Å². The van der Waals surface area contributed by atoms with Crippen LogP contribution in [-0.2, 0) is 15.1 Å². The Kier molecular flexibility index (Phi) is 6.01. The number of esters is 1. The maximum absolute atomic E-state index is 12.3. The van der Waals surface area contributed by atoms with E-state index in [4.69, 9.17) is 10.5 Å². The van der Waals surface area contributed by atoms with E-state index in [-0.39, 0.29) is 12.5 Å². The van der Waals surface area contributed by atoms with Crippen LogP contribution in [0.4, 0.5) is 0 Å². The first-order valence-electron chi connectivity index (χ1n) is 8.94. The number of carbonyl (C=O) groups excluding carboxylic acids is 1. The van der Waals surface area contributed by atoms with Gasteiger partial charge in [0.15, 0.2) is 0 Å². The second-order valence-corrected chi connectivity index (χ2v) is 6.30. The molecular weight excluding hydrogens is 336 g/mol. The quantitative estimate of drug-likeness (QED) is 0.502. The summed E-state index contributed by atoms with van der Waals surface area (Å²) in [4.78, 5) is 12.3. The van der Waals surface area contributed by atoms with Crippen LogP contribution >= 0.6 is 0 Å². The van der Waals surface area contributed by atoms with Crippen molar-refractivity contribution < 1.29 is 9.53 Å². The van der Waals surface area contributed by atoms with Crippen molar-refractivity contribution in [3.05, 3.63) is 108 Å². The third-order valence-corrected chi connectivity index (χ3v) is 4.73. The normalized spacial score (nSPS) is 12.4. The van der Waals surface area contributed by atoms with Crippen LogP contribution in [0, 0.1) is 0 Å². The minimum atomic E-state index is -0.748. The van der Waals surface area contributed by atoms with Gasteiger partial charge in [0.25, 0.3) is 0 Å². The van der Waals surface area contributed by atoms with Gasteiger partial charge in [-0.05, 0) is 16.7 Å². The Hall–Kier alpha value is -2.95. The van der Waals surface area contributed by atoms with Gasteiger partial charge >= 0.3 is 5.97 Å². The lowest BCUT2D eigenvalue weighted by molar-refractivity contribution is -0.143. The Bertz CT molecular complexity index is 755. The van der Waals surface area contributed by atoms with Crippen molar-refractivity contribution in [2.45, 2.75) is 11.6 Å². The Morgan fingerprint density at radius 1 is 0.852 bits per heavy atom. The lowest BCUT2D eigenvalue weighted by atomic mass is 9.76. The van der Waals surface area contributed by atoms with E-state index in [0.717, 1.165) is 16.7 Å². The van der Waals surface area contributed by atoms with Crippen LogP contribution in [0.1, 0.15) is 16.7 Å². The zero-order chi connectivity index (χ0) is 19.1. The molecule has 3 aromatic carbocycles. The van der Waals surface area contributed by atoms with Gasteiger partial charge in [0, 0.05) is 6.54 Å². The number of hydrogen-bond donors (Lipinski definition) is 2. The van der Waals surface area contributed by atoms with E-state index in [9.17, 15) is 4.79 Å². The summed E-state index contributed by atoms with van der Waals surface area (Å²) in [6.45, 7) is 0.126. The molecule has 0 aromatic heterocycles. The summed E-state index contributed by atoms with van der Waals surface area (Å²) in [7, 11) is 1.38. The third kappa shape index (κ3) is 3.77. The van der Waals surface area contributed by atoms with Gasteiger partial charge in [-0.2, -0.15) is 0 Å². The van der Waals surface area contributed by atoms with Crippen molar-refractivity contribution in [1.29, 1.82) is 0 Å². The van der Waals surface area contributed by atoms with Crippen LogP contribution in [0.2, 0.25) is 0 Å². The first kappa shape index (κ1) is 18.8. The van der Waals surface area contributed by atoms with E-state index in [1.54, 1.807) is 0 Å². The van der Waals surface area contributed by atoms with Crippen molar-refractivity contribution in [2.24, 2.45) is 5.73 Å². The second kappa shape index (κ2) is 8.62. The fourth-order valence-corrected chi connectivity index (χ4v) is 3.43. The van der Waals surface area contributed by atoms with Gasteiger partial charge in [-0.1, -0.05) is 91.0 Å². The zero-order valence-electron chi connectivity index (χ0n) is 15.3. The molecule has 0 aliphatic rings. The topological polar surface area (TPSA) is 64.3 Å². The molecule has 0 spiro atoms. The molecule has 0 saturated carbocycles. The van der Waals surface area contributed by atoms with Crippen LogP contribution in [0.5, 0.6) is 0 Å². The number of hydrogen-bond acceptors (Lipinski definition) is 4. The lowest BCUT2D eigenvalue weighted by Gasteiger charge is -2.39. The summed E-state index contributed by atoms with van der Waals surface area (Å²) in [5.41, 5.74) is 8.23. The largest absolute Gasteiger partial charge is 0.468 e. The molecule has 0 bridgehead atoms. The molecule has 0 fully saturated rings. The van der Waals surface area contributed by atoms with Crippen LogP contribution in [0.15, 0.2) is 91.0 Å². The molecule has 4 heteroatoms. The molecule has 3 aromatic rings. The average molecular weight is 360 g/mol. The minimum Gasteiger partial charge on any atom is -0.468 e. The average Bonchev–Trinajstić information content (AvgIpc) is 2.76. The van der Waals surface area contributed by atoms with Gasteiger partial charge in [0.05, 0.1) is 12.6 Å². The van der Waals surface area contributed by atoms with Crippen molar-refractivity contribution in [2.75, 3.05) is 13.7 Å². The monoisotopic (exact) mass is 360 g/mol. The van der Waals surface area contributed by atoms with E-state index in [2.05, 4.69) is 41.7 Å². The highest BCUT2D eigenvalue weighted by atomic mass is 16.5. The molecule has 27 heavy (non-hydrogen) atoms. The van der Waals surface area contributed by atoms with Crippen molar-refractivity contribution >= 4 is 5.97 Å². The van der Waals surface area contributed by atoms with Crippen molar-refractivity contribution in [1.82, 2.24) is 5.32 Å². The fraction of sp³-hybridized carbons (Fsp3) is 0.174. The van der Waals surface area contributed by atoms with Crippen molar-refractivity contribution in [3.8, 4) is 0 Å². The summed E-state index contributed by atoms with van der Waals surface area (Å²) >= 11 is 0. The molecule has 0 aliphatic heterocycles. The number of ether oxygens (including phenoxy) is 1. The second-order valence-electron chi connectivity index (χ2n) is 6.30. The highest BCUT2D eigenvalue weighted by Crippen LogP contribution is 2.37. The van der Waals surface area contributed by atoms with E-state index in [1.807, 2.05) is 54.6 Å². The lowest BCUT2D eigenvalue weighted by Crippen LogP contribution is -2.55. The highest BCUT2D eigenvalue weighted by molar-refractivity contribution is 5.76. The number of benzene rings is 3. The van der Waals surface area contributed by atoms with E-state index in [0.29, 0.717) is 0 Å². The summed E-state index contributed by atoms with van der Waals surface area (Å²) in [6.07, 6.45) is 0. The van der Waals surface area contributed by atoms with Crippen LogP contribution in [0.25, 0.3) is 0 Å². The van der Waals surface area contributed by atoms with Crippen LogP contribution in [-0.4, -0.2) is 25.7 Å². The fourth-order valence-electron chi connectivity index (χ4n) is 3.43. The van der Waals surface area contributed by atoms with Gasteiger partial charge < -0.3 is 10.5 Å². The summed E-state index contributed by atoms with van der Waals surface area (Å²) in [5.74, 6) is -0.385. The maximum Gasteiger partial charge on any atom is 0.324 e.